The number of ether oxygens (including phenoxy) is 1. The molecule has 0 radical (unpaired) electrons. The number of carboxylic acids is 1. The molecule has 0 aliphatic rings. The molecule has 0 spiro atoms. The summed E-state index contributed by atoms with van der Waals surface area (Å²) in [6.45, 7) is -1.37. The summed E-state index contributed by atoms with van der Waals surface area (Å²) in [6.07, 6.45) is -4.42. The summed E-state index contributed by atoms with van der Waals surface area (Å²) in [5.41, 5.74) is 0.518. The highest BCUT2D eigenvalue weighted by Gasteiger charge is 2.28. The summed E-state index contributed by atoms with van der Waals surface area (Å²) in [6, 6.07) is 5.68. The third-order valence-electron chi connectivity index (χ3n) is 2.54. The lowest BCUT2D eigenvalue weighted by molar-refractivity contribution is -0.153. The number of hydrogen-bond donors (Lipinski definition) is 1. The molecule has 9 heteroatoms. The molecular formula is C13H11F3N2O4. The number of carboxylic acid groups (broad SMARTS) is 1. The number of hydrogen-bond acceptors (Lipinski definition) is 5. The first-order chi connectivity index (χ1) is 10.3. The average Bonchev–Trinajstić information content (AvgIpc) is 2.91. The van der Waals surface area contributed by atoms with Crippen molar-refractivity contribution in [3.63, 3.8) is 0 Å². The minimum atomic E-state index is -4.40. The van der Waals surface area contributed by atoms with Crippen LogP contribution < -0.4 is 4.74 Å². The van der Waals surface area contributed by atoms with Crippen molar-refractivity contribution in [1.29, 1.82) is 0 Å². The van der Waals surface area contributed by atoms with Gasteiger partial charge in [0.05, 0.1) is 6.42 Å². The van der Waals surface area contributed by atoms with E-state index >= 15 is 0 Å². The summed E-state index contributed by atoms with van der Waals surface area (Å²) in [5, 5.41) is 12.2. The summed E-state index contributed by atoms with van der Waals surface area (Å²) in [5.74, 6) is -0.515. The smallest absolute Gasteiger partial charge is 0.422 e. The first-order valence-electron chi connectivity index (χ1n) is 6.18. The van der Waals surface area contributed by atoms with Crippen molar-refractivity contribution >= 4 is 5.97 Å². The minimum Gasteiger partial charge on any atom is -0.484 e. The maximum absolute atomic E-state index is 12.0. The van der Waals surface area contributed by atoms with Gasteiger partial charge in [0.25, 0.3) is 0 Å². The second-order valence-corrected chi connectivity index (χ2v) is 4.33. The first-order valence-corrected chi connectivity index (χ1v) is 6.18. The van der Waals surface area contributed by atoms with Gasteiger partial charge in [-0.15, -0.1) is 0 Å². The molecule has 1 aromatic heterocycles. The van der Waals surface area contributed by atoms with E-state index in [9.17, 15) is 18.0 Å². The number of nitrogens with zero attached hydrogens (tertiary/aromatic N) is 2. The molecule has 0 unspecified atom stereocenters. The van der Waals surface area contributed by atoms with Gasteiger partial charge in [-0.3, -0.25) is 4.79 Å². The SMILES string of the molecule is O=C(O)CCc1nc(-c2ccc(OCC(F)(F)F)cc2)no1. The zero-order valence-corrected chi connectivity index (χ0v) is 11.1. The highest BCUT2D eigenvalue weighted by atomic mass is 19.4. The summed E-state index contributed by atoms with van der Waals surface area (Å²) < 4.78 is 45.5. The Bertz CT molecular complexity index is 637. The van der Waals surface area contributed by atoms with Crippen LogP contribution in [0.25, 0.3) is 11.4 Å². The van der Waals surface area contributed by atoms with E-state index in [1.807, 2.05) is 0 Å². The maximum atomic E-state index is 12.0. The lowest BCUT2D eigenvalue weighted by atomic mass is 10.2. The Balaban J connectivity index is 1.99. The van der Waals surface area contributed by atoms with E-state index in [0.717, 1.165) is 0 Å². The van der Waals surface area contributed by atoms with E-state index < -0.39 is 18.8 Å². The average molecular weight is 316 g/mol. The third kappa shape index (κ3) is 4.76. The van der Waals surface area contributed by atoms with Crippen LogP contribution in [-0.2, 0) is 11.2 Å². The van der Waals surface area contributed by atoms with E-state index in [1.165, 1.54) is 24.3 Å². The molecule has 22 heavy (non-hydrogen) atoms. The minimum absolute atomic E-state index is 0.0654. The number of benzene rings is 1. The molecule has 1 N–H and O–H groups in total. The molecule has 0 fully saturated rings. The van der Waals surface area contributed by atoms with Gasteiger partial charge in [-0.05, 0) is 24.3 Å². The summed E-state index contributed by atoms with van der Waals surface area (Å²) >= 11 is 0. The van der Waals surface area contributed by atoms with Gasteiger partial charge in [0.2, 0.25) is 11.7 Å². The molecule has 118 valence electrons. The van der Waals surface area contributed by atoms with Crippen LogP contribution in [0.3, 0.4) is 0 Å². The second-order valence-electron chi connectivity index (χ2n) is 4.33. The normalized spacial score (nSPS) is 11.4. The topological polar surface area (TPSA) is 85.5 Å². The Morgan fingerprint density at radius 3 is 2.55 bits per heavy atom. The van der Waals surface area contributed by atoms with Crippen molar-refractivity contribution in [2.75, 3.05) is 6.61 Å². The van der Waals surface area contributed by atoms with E-state index in [4.69, 9.17) is 9.63 Å². The van der Waals surface area contributed by atoms with Crippen LogP contribution in [0, 0.1) is 0 Å². The fourth-order valence-electron chi connectivity index (χ4n) is 1.55. The van der Waals surface area contributed by atoms with Gasteiger partial charge in [0.1, 0.15) is 5.75 Å². The van der Waals surface area contributed by atoms with Crippen LogP contribution in [0.15, 0.2) is 28.8 Å². The van der Waals surface area contributed by atoms with Crippen molar-refractivity contribution in [1.82, 2.24) is 10.1 Å². The van der Waals surface area contributed by atoms with E-state index in [1.54, 1.807) is 0 Å². The quantitative estimate of drug-likeness (QED) is 0.882. The molecule has 2 rings (SSSR count). The van der Waals surface area contributed by atoms with Crippen LogP contribution in [-0.4, -0.2) is 34.0 Å². The Hall–Kier alpha value is -2.58. The molecule has 0 bridgehead atoms. The predicted molar refractivity (Wildman–Crippen MR) is 67.2 cm³/mol. The highest BCUT2D eigenvalue weighted by molar-refractivity contribution is 5.66. The van der Waals surface area contributed by atoms with Crippen LogP contribution in [0.1, 0.15) is 12.3 Å². The number of halogens is 3. The standard InChI is InChI=1S/C13H11F3N2O4/c14-13(15,16)7-21-9-3-1-8(2-4-9)12-17-10(22-18-12)5-6-11(19)20/h1-4H,5-7H2,(H,19,20). The monoisotopic (exact) mass is 316 g/mol. The molecule has 2 aromatic rings. The fraction of sp³-hybridized carbons (Fsp3) is 0.308. The Morgan fingerprint density at radius 1 is 1.27 bits per heavy atom. The van der Waals surface area contributed by atoms with Crippen LogP contribution in [0.4, 0.5) is 13.2 Å². The maximum Gasteiger partial charge on any atom is 0.422 e. The Morgan fingerprint density at radius 2 is 1.95 bits per heavy atom. The van der Waals surface area contributed by atoms with Gasteiger partial charge in [0, 0.05) is 12.0 Å². The largest absolute Gasteiger partial charge is 0.484 e. The summed E-state index contributed by atoms with van der Waals surface area (Å²) in [7, 11) is 0. The zero-order valence-electron chi connectivity index (χ0n) is 11.1. The van der Waals surface area contributed by atoms with Gasteiger partial charge in [0.15, 0.2) is 6.61 Å². The molecule has 0 aliphatic carbocycles. The van der Waals surface area contributed by atoms with Gasteiger partial charge in [-0.25, -0.2) is 0 Å². The van der Waals surface area contributed by atoms with Gasteiger partial charge >= 0.3 is 12.1 Å². The molecule has 0 aliphatic heterocycles. The molecule has 0 atom stereocenters. The lowest BCUT2D eigenvalue weighted by Crippen LogP contribution is -2.19. The second kappa shape index (κ2) is 6.46. The van der Waals surface area contributed by atoms with Crippen molar-refractivity contribution in [3.8, 4) is 17.1 Å². The molecule has 6 nitrogen and oxygen atoms in total. The molecule has 1 heterocycles. The molecule has 1 aromatic carbocycles. The van der Waals surface area contributed by atoms with E-state index in [0.29, 0.717) is 5.56 Å². The number of aryl methyl sites for hydroxylation is 1. The molecule has 0 amide bonds. The number of carbonyl (C=O) groups is 1. The predicted octanol–water partition coefficient (Wildman–Crippen LogP) is 2.69. The van der Waals surface area contributed by atoms with Crippen LogP contribution in [0.2, 0.25) is 0 Å². The Kier molecular flexibility index (Phi) is 4.64. The number of alkyl halides is 3. The first kappa shape index (κ1) is 15.8. The van der Waals surface area contributed by atoms with Crippen molar-refractivity contribution in [2.45, 2.75) is 19.0 Å². The zero-order chi connectivity index (χ0) is 16.2. The van der Waals surface area contributed by atoms with Crippen molar-refractivity contribution < 1.29 is 32.3 Å². The summed E-state index contributed by atoms with van der Waals surface area (Å²) in [4.78, 5) is 14.4. The van der Waals surface area contributed by atoms with Crippen LogP contribution in [0.5, 0.6) is 5.75 Å². The highest BCUT2D eigenvalue weighted by Crippen LogP contribution is 2.22. The van der Waals surface area contributed by atoms with Gasteiger partial charge in [-0.1, -0.05) is 5.16 Å². The van der Waals surface area contributed by atoms with E-state index in [-0.39, 0.29) is 30.3 Å². The van der Waals surface area contributed by atoms with Crippen molar-refractivity contribution in [2.24, 2.45) is 0 Å². The molecule has 0 saturated heterocycles. The van der Waals surface area contributed by atoms with Gasteiger partial charge < -0.3 is 14.4 Å². The molecule has 0 saturated carbocycles. The number of aliphatic carboxylic acids is 1. The Labute approximate surface area is 122 Å². The van der Waals surface area contributed by atoms with E-state index in [2.05, 4.69) is 14.9 Å². The number of aromatic nitrogens is 2. The fourth-order valence-corrected chi connectivity index (χ4v) is 1.55. The van der Waals surface area contributed by atoms with Crippen molar-refractivity contribution in [3.05, 3.63) is 30.2 Å². The molecular weight excluding hydrogens is 305 g/mol. The van der Waals surface area contributed by atoms with Gasteiger partial charge in [-0.2, -0.15) is 18.2 Å². The van der Waals surface area contributed by atoms with Crippen LogP contribution >= 0.6 is 0 Å². The lowest BCUT2D eigenvalue weighted by Gasteiger charge is -2.08. The third-order valence-corrected chi connectivity index (χ3v) is 2.54. The number of rotatable bonds is 6.